The molecule has 0 aromatic carbocycles. The Morgan fingerprint density at radius 3 is 2.93 bits per heavy atom. The zero-order valence-corrected chi connectivity index (χ0v) is 10.1. The first-order valence-electron chi connectivity index (χ1n) is 6.16. The third-order valence-corrected chi connectivity index (χ3v) is 3.19. The molecule has 88 valence electrons. The van der Waals surface area contributed by atoms with Crippen LogP contribution in [0.4, 0.5) is 0 Å². The van der Waals surface area contributed by atoms with Crippen molar-refractivity contribution in [2.45, 2.75) is 39.0 Å². The zero-order valence-electron chi connectivity index (χ0n) is 10.1. The summed E-state index contributed by atoms with van der Waals surface area (Å²) >= 11 is 0. The summed E-state index contributed by atoms with van der Waals surface area (Å²) in [5.41, 5.74) is 0. The lowest BCUT2D eigenvalue weighted by atomic mass is 10.0. The van der Waals surface area contributed by atoms with E-state index in [9.17, 15) is 4.79 Å². The SMILES string of the molecule is CNCCCC(=O)N1CCCC(C)CC1. The van der Waals surface area contributed by atoms with Crippen LogP contribution in [0, 0.1) is 5.92 Å². The van der Waals surface area contributed by atoms with Crippen molar-refractivity contribution in [3.63, 3.8) is 0 Å². The lowest BCUT2D eigenvalue weighted by molar-refractivity contribution is -0.131. The molecule has 1 unspecified atom stereocenters. The van der Waals surface area contributed by atoms with Crippen LogP contribution in [-0.2, 0) is 4.79 Å². The van der Waals surface area contributed by atoms with Gasteiger partial charge in [0.25, 0.3) is 0 Å². The zero-order chi connectivity index (χ0) is 11.1. The van der Waals surface area contributed by atoms with Gasteiger partial charge in [0.15, 0.2) is 0 Å². The van der Waals surface area contributed by atoms with Crippen LogP contribution >= 0.6 is 0 Å². The van der Waals surface area contributed by atoms with Gasteiger partial charge in [0, 0.05) is 19.5 Å². The van der Waals surface area contributed by atoms with E-state index in [1.807, 2.05) is 7.05 Å². The monoisotopic (exact) mass is 212 g/mol. The van der Waals surface area contributed by atoms with Crippen LogP contribution in [0.25, 0.3) is 0 Å². The number of amides is 1. The topological polar surface area (TPSA) is 32.3 Å². The van der Waals surface area contributed by atoms with E-state index in [2.05, 4.69) is 17.1 Å². The molecule has 0 aromatic rings. The molecule has 15 heavy (non-hydrogen) atoms. The highest BCUT2D eigenvalue weighted by Crippen LogP contribution is 2.17. The van der Waals surface area contributed by atoms with E-state index in [1.54, 1.807) is 0 Å². The summed E-state index contributed by atoms with van der Waals surface area (Å²) in [4.78, 5) is 13.9. The third-order valence-electron chi connectivity index (χ3n) is 3.19. The van der Waals surface area contributed by atoms with E-state index >= 15 is 0 Å². The van der Waals surface area contributed by atoms with Gasteiger partial charge in [0.2, 0.25) is 5.91 Å². The van der Waals surface area contributed by atoms with Crippen molar-refractivity contribution in [2.24, 2.45) is 5.92 Å². The number of likely N-dealkylation sites (tertiary alicyclic amines) is 1. The first-order valence-corrected chi connectivity index (χ1v) is 6.16. The minimum absolute atomic E-state index is 0.347. The molecule has 0 spiro atoms. The number of hydrogen-bond acceptors (Lipinski definition) is 2. The Hall–Kier alpha value is -0.570. The summed E-state index contributed by atoms with van der Waals surface area (Å²) in [6.07, 6.45) is 5.30. The van der Waals surface area contributed by atoms with Crippen molar-refractivity contribution in [1.82, 2.24) is 10.2 Å². The summed E-state index contributed by atoms with van der Waals surface area (Å²) < 4.78 is 0. The van der Waals surface area contributed by atoms with Gasteiger partial charge in [-0.3, -0.25) is 4.79 Å². The van der Waals surface area contributed by atoms with E-state index in [0.717, 1.165) is 32.0 Å². The lowest BCUT2D eigenvalue weighted by Gasteiger charge is -2.20. The first kappa shape index (κ1) is 12.5. The molecule has 0 aromatic heterocycles. The molecule has 1 fully saturated rings. The van der Waals surface area contributed by atoms with E-state index < -0.39 is 0 Å². The van der Waals surface area contributed by atoms with Crippen molar-refractivity contribution in [3.8, 4) is 0 Å². The van der Waals surface area contributed by atoms with Crippen LogP contribution in [0.1, 0.15) is 39.0 Å². The van der Waals surface area contributed by atoms with Crippen molar-refractivity contribution >= 4 is 5.91 Å². The number of rotatable bonds is 4. The Balaban J connectivity index is 2.25. The molecular weight excluding hydrogens is 188 g/mol. The lowest BCUT2D eigenvalue weighted by Crippen LogP contribution is -2.32. The Kier molecular flexibility index (Phi) is 5.69. The van der Waals surface area contributed by atoms with Gasteiger partial charge >= 0.3 is 0 Å². The predicted octanol–water partition coefficient (Wildman–Crippen LogP) is 1.63. The molecule has 1 heterocycles. The second-order valence-corrected chi connectivity index (χ2v) is 4.62. The molecule has 0 bridgehead atoms. The molecule has 3 nitrogen and oxygen atoms in total. The summed E-state index contributed by atoms with van der Waals surface area (Å²) in [5.74, 6) is 1.14. The molecule has 1 N–H and O–H groups in total. The van der Waals surface area contributed by atoms with Crippen molar-refractivity contribution < 1.29 is 4.79 Å². The van der Waals surface area contributed by atoms with Crippen LogP contribution in [0.5, 0.6) is 0 Å². The van der Waals surface area contributed by atoms with Gasteiger partial charge in [-0.25, -0.2) is 0 Å². The van der Waals surface area contributed by atoms with E-state index in [0.29, 0.717) is 12.3 Å². The number of carbonyl (C=O) groups excluding carboxylic acids is 1. The Morgan fingerprint density at radius 2 is 2.20 bits per heavy atom. The average molecular weight is 212 g/mol. The van der Waals surface area contributed by atoms with Crippen molar-refractivity contribution in [3.05, 3.63) is 0 Å². The summed E-state index contributed by atoms with van der Waals surface area (Å²) in [5, 5.41) is 3.07. The van der Waals surface area contributed by atoms with Crippen LogP contribution in [0.3, 0.4) is 0 Å². The summed E-state index contributed by atoms with van der Waals surface area (Å²) in [6, 6.07) is 0. The third kappa shape index (κ3) is 4.65. The molecule has 1 rings (SSSR count). The van der Waals surface area contributed by atoms with E-state index in [1.165, 1.54) is 19.3 Å². The highest BCUT2D eigenvalue weighted by atomic mass is 16.2. The molecule has 3 heteroatoms. The second-order valence-electron chi connectivity index (χ2n) is 4.62. The quantitative estimate of drug-likeness (QED) is 0.718. The normalized spacial score (nSPS) is 22.5. The van der Waals surface area contributed by atoms with Gasteiger partial charge in [0.1, 0.15) is 0 Å². The molecule has 1 amide bonds. The fourth-order valence-electron chi connectivity index (χ4n) is 2.09. The van der Waals surface area contributed by atoms with Crippen LogP contribution < -0.4 is 5.32 Å². The second kappa shape index (κ2) is 6.83. The maximum absolute atomic E-state index is 11.8. The molecule has 0 saturated carbocycles. The Bertz CT molecular complexity index is 194. The minimum Gasteiger partial charge on any atom is -0.343 e. The Labute approximate surface area is 93.2 Å². The van der Waals surface area contributed by atoms with Gasteiger partial charge in [-0.2, -0.15) is 0 Å². The molecule has 1 atom stereocenters. The van der Waals surface area contributed by atoms with Crippen molar-refractivity contribution in [2.75, 3.05) is 26.7 Å². The van der Waals surface area contributed by atoms with Gasteiger partial charge in [-0.1, -0.05) is 6.92 Å². The molecule has 1 aliphatic heterocycles. The Morgan fingerprint density at radius 1 is 1.40 bits per heavy atom. The fraction of sp³-hybridized carbons (Fsp3) is 0.917. The summed E-state index contributed by atoms with van der Waals surface area (Å²) in [7, 11) is 1.93. The highest BCUT2D eigenvalue weighted by molar-refractivity contribution is 5.76. The van der Waals surface area contributed by atoms with Crippen LogP contribution in [0.15, 0.2) is 0 Å². The molecule has 0 radical (unpaired) electrons. The van der Waals surface area contributed by atoms with Crippen molar-refractivity contribution in [1.29, 1.82) is 0 Å². The maximum atomic E-state index is 11.8. The molecular formula is C12H24N2O. The van der Waals surface area contributed by atoms with Gasteiger partial charge in [-0.15, -0.1) is 0 Å². The smallest absolute Gasteiger partial charge is 0.222 e. The van der Waals surface area contributed by atoms with E-state index in [-0.39, 0.29) is 0 Å². The molecule has 0 aliphatic carbocycles. The van der Waals surface area contributed by atoms with Gasteiger partial charge < -0.3 is 10.2 Å². The maximum Gasteiger partial charge on any atom is 0.222 e. The number of hydrogen-bond donors (Lipinski definition) is 1. The van der Waals surface area contributed by atoms with Gasteiger partial charge in [0.05, 0.1) is 0 Å². The number of carbonyl (C=O) groups is 1. The number of nitrogens with zero attached hydrogens (tertiary/aromatic N) is 1. The standard InChI is InChI=1S/C12H24N2O/c1-11-5-4-9-14(10-7-11)12(15)6-3-8-13-2/h11,13H,3-10H2,1-2H3. The molecule has 1 aliphatic rings. The largest absolute Gasteiger partial charge is 0.343 e. The minimum atomic E-state index is 0.347. The highest BCUT2D eigenvalue weighted by Gasteiger charge is 2.17. The van der Waals surface area contributed by atoms with Gasteiger partial charge in [-0.05, 0) is 45.2 Å². The predicted molar refractivity (Wildman–Crippen MR) is 62.8 cm³/mol. The molecule has 1 saturated heterocycles. The first-order chi connectivity index (χ1) is 7.24. The fourth-order valence-corrected chi connectivity index (χ4v) is 2.09. The summed E-state index contributed by atoms with van der Waals surface area (Å²) in [6.45, 7) is 5.17. The van der Waals surface area contributed by atoms with E-state index in [4.69, 9.17) is 0 Å². The average Bonchev–Trinajstić information content (AvgIpc) is 2.43. The van der Waals surface area contributed by atoms with Crippen LogP contribution in [0.2, 0.25) is 0 Å². The number of nitrogens with one attached hydrogen (secondary N) is 1. The van der Waals surface area contributed by atoms with Crippen LogP contribution in [-0.4, -0.2) is 37.5 Å².